The van der Waals surface area contributed by atoms with Gasteiger partial charge in [0.25, 0.3) is 0 Å². The third kappa shape index (κ3) is 4.96. The average molecular weight is 358 g/mol. The lowest BCUT2D eigenvalue weighted by Crippen LogP contribution is -2.45. The first kappa shape index (κ1) is 18.7. The summed E-state index contributed by atoms with van der Waals surface area (Å²) in [6.45, 7) is 8.30. The van der Waals surface area contributed by atoms with Crippen molar-refractivity contribution in [2.24, 2.45) is 0 Å². The summed E-state index contributed by atoms with van der Waals surface area (Å²) in [5.41, 5.74) is 2.27. The molecular formula is C21H27FN2O2. The van der Waals surface area contributed by atoms with Gasteiger partial charge in [0.05, 0.1) is 13.7 Å². The summed E-state index contributed by atoms with van der Waals surface area (Å²) in [5.74, 6) is 1.42. The molecular weight excluding hydrogens is 331 g/mol. The van der Waals surface area contributed by atoms with Gasteiger partial charge in [0.15, 0.2) is 11.5 Å². The van der Waals surface area contributed by atoms with Crippen molar-refractivity contribution in [3.63, 3.8) is 0 Å². The Morgan fingerprint density at radius 1 is 0.885 bits per heavy atom. The number of benzene rings is 2. The fourth-order valence-corrected chi connectivity index (χ4v) is 3.35. The highest BCUT2D eigenvalue weighted by Crippen LogP contribution is 2.28. The Bertz CT molecular complexity index is 715. The van der Waals surface area contributed by atoms with Crippen LogP contribution >= 0.6 is 0 Å². The van der Waals surface area contributed by atoms with E-state index in [9.17, 15) is 4.39 Å². The number of methoxy groups -OCH3 is 1. The van der Waals surface area contributed by atoms with E-state index in [1.165, 1.54) is 11.6 Å². The number of ether oxygens (including phenoxy) is 2. The number of hydrogen-bond donors (Lipinski definition) is 0. The SMILES string of the molecule is CCOc1cc(CN2CCN(Cc3cccc(F)c3)CC2)ccc1OC. The van der Waals surface area contributed by atoms with Crippen LogP contribution in [0.25, 0.3) is 0 Å². The first-order valence-electron chi connectivity index (χ1n) is 9.17. The van der Waals surface area contributed by atoms with Crippen LogP contribution in [0.2, 0.25) is 0 Å². The molecule has 1 aliphatic heterocycles. The molecule has 1 saturated heterocycles. The van der Waals surface area contributed by atoms with E-state index in [0.29, 0.717) is 6.61 Å². The minimum absolute atomic E-state index is 0.161. The highest BCUT2D eigenvalue weighted by Gasteiger charge is 2.18. The minimum atomic E-state index is -0.161. The zero-order valence-electron chi connectivity index (χ0n) is 15.6. The summed E-state index contributed by atoms with van der Waals surface area (Å²) in [5, 5.41) is 0. The van der Waals surface area contributed by atoms with Crippen molar-refractivity contribution < 1.29 is 13.9 Å². The lowest BCUT2D eigenvalue weighted by Gasteiger charge is -2.34. The van der Waals surface area contributed by atoms with E-state index in [2.05, 4.69) is 21.9 Å². The maximum Gasteiger partial charge on any atom is 0.161 e. The third-order valence-electron chi connectivity index (χ3n) is 4.69. The summed E-state index contributed by atoms with van der Waals surface area (Å²) in [4.78, 5) is 4.82. The fraction of sp³-hybridized carbons (Fsp3) is 0.429. The summed E-state index contributed by atoms with van der Waals surface area (Å²) < 4.78 is 24.3. The predicted molar refractivity (Wildman–Crippen MR) is 101 cm³/mol. The zero-order chi connectivity index (χ0) is 18.4. The summed E-state index contributed by atoms with van der Waals surface area (Å²) in [6.07, 6.45) is 0. The molecule has 0 bridgehead atoms. The van der Waals surface area contributed by atoms with Crippen LogP contribution in [0.4, 0.5) is 4.39 Å². The van der Waals surface area contributed by atoms with Crippen LogP contribution in [0.5, 0.6) is 11.5 Å². The number of nitrogens with zero attached hydrogens (tertiary/aromatic N) is 2. The van der Waals surface area contributed by atoms with Crippen molar-refractivity contribution >= 4 is 0 Å². The van der Waals surface area contributed by atoms with Crippen molar-refractivity contribution in [3.05, 3.63) is 59.4 Å². The molecule has 140 valence electrons. The Morgan fingerprint density at radius 3 is 2.12 bits per heavy atom. The first-order valence-corrected chi connectivity index (χ1v) is 9.17. The third-order valence-corrected chi connectivity index (χ3v) is 4.69. The monoisotopic (exact) mass is 358 g/mol. The maximum atomic E-state index is 13.3. The number of hydrogen-bond acceptors (Lipinski definition) is 4. The molecule has 0 atom stereocenters. The highest BCUT2D eigenvalue weighted by molar-refractivity contribution is 5.43. The summed E-state index contributed by atoms with van der Waals surface area (Å²) in [6, 6.07) is 13.0. The molecule has 0 spiro atoms. The summed E-state index contributed by atoms with van der Waals surface area (Å²) >= 11 is 0. The Hall–Kier alpha value is -2.11. The Kier molecular flexibility index (Phi) is 6.47. The molecule has 2 aromatic rings. The van der Waals surface area contributed by atoms with Gasteiger partial charge in [-0.25, -0.2) is 4.39 Å². The van der Waals surface area contributed by atoms with Gasteiger partial charge in [-0.05, 0) is 42.3 Å². The molecule has 3 rings (SSSR count). The highest BCUT2D eigenvalue weighted by atomic mass is 19.1. The molecule has 0 aliphatic carbocycles. The van der Waals surface area contributed by atoms with Gasteiger partial charge >= 0.3 is 0 Å². The minimum Gasteiger partial charge on any atom is -0.493 e. The van der Waals surface area contributed by atoms with Crippen LogP contribution in [0.15, 0.2) is 42.5 Å². The Morgan fingerprint density at radius 2 is 1.54 bits per heavy atom. The molecule has 1 heterocycles. The van der Waals surface area contributed by atoms with Crippen LogP contribution in [0.3, 0.4) is 0 Å². The van der Waals surface area contributed by atoms with Crippen molar-refractivity contribution in [1.29, 1.82) is 0 Å². The molecule has 4 nitrogen and oxygen atoms in total. The van der Waals surface area contributed by atoms with Crippen molar-refractivity contribution in [3.8, 4) is 11.5 Å². The molecule has 0 saturated carbocycles. The second-order valence-corrected chi connectivity index (χ2v) is 6.60. The molecule has 0 amide bonds. The second-order valence-electron chi connectivity index (χ2n) is 6.60. The molecule has 5 heteroatoms. The topological polar surface area (TPSA) is 24.9 Å². The zero-order valence-corrected chi connectivity index (χ0v) is 15.6. The quantitative estimate of drug-likeness (QED) is 0.756. The van der Waals surface area contributed by atoms with Gasteiger partial charge in [-0.2, -0.15) is 0 Å². The van der Waals surface area contributed by atoms with E-state index >= 15 is 0 Å². The Labute approximate surface area is 155 Å². The normalized spacial score (nSPS) is 15.8. The standard InChI is InChI=1S/C21H27FN2O2/c1-3-26-21-14-18(7-8-20(21)25-2)16-24-11-9-23(10-12-24)15-17-5-4-6-19(22)13-17/h4-8,13-14H,3,9-12,15-16H2,1-2H3. The lowest BCUT2D eigenvalue weighted by atomic mass is 10.1. The van der Waals surface area contributed by atoms with E-state index in [1.807, 2.05) is 19.1 Å². The van der Waals surface area contributed by atoms with Gasteiger partial charge in [-0.15, -0.1) is 0 Å². The van der Waals surface area contributed by atoms with Crippen LogP contribution in [-0.4, -0.2) is 49.7 Å². The van der Waals surface area contributed by atoms with E-state index in [1.54, 1.807) is 19.2 Å². The van der Waals surface area contributed by atoms with Gasteiger partial charge < -0.3 is 9.47 Å². The first-order chi connectivity index (χ1) is 12.7. The maximum absolute atomic E-state index is 13.3. The molecule has 0 N–H and O–H groups in total. The molecule has 1 aliphatic rings. The van der Waals surface area contributed by atoms with Crippen molar-refractivity contribution in [1.82, 2.24) is 9.80 Å². The second kappa shape index (κ2) is 9.01. The molecule has 0 aromatic heterocycles. The van der Waals surface area contributed by atoms with Crippen molar-refractivity contribution in [2.45, 2.75) is 20.0 Å². The number of piperazine rings is 1. The number of halogens is 1. The molecule has 2 aromatic carbocycles. The van der Waals surface area contributed by atoms with Gasteiger partial charge in [-0.1, -0.05) is 18.2 Å². The van der Waals surface area contributed by atoms with Gasteiger partial charge in [0, 0.05) is 39.3 Å². The largest absolute Gasteiger partial charge is 0.493 e. The smallest absolute Gasteiger partial charge is 0.161 e. The lowest BCUT2D eigenvalue weighted by molar-refractivity contribution is 0.122. The molecule has 1 fully saturated rings. The van der Waals surface area contributed by atoms with Gasteiger partial charge in [0.2, 0.25) is 0 Å². The number of rotatable bonds is 7. The van der Waals surface area contributed by atoms with Crippen molar-refractivity contribution in [2.75, 3.05) is 39.9 Å². The molecule has 26 heavy (non-hydrogen) atoms. The van der Waals surface area contributed by atoms with E-state index < -0.39 is 0 Å². The Balaban J connectivity index is 1.53. The van der Waals surface area contributed by atoms with Crippen LogP contribution in [0, 0.1) is 5.82 Å². The van der Waals surface area contributed by atoms with E-state index in [-0.39, 0.29) is 5.82 Å². The molecule has 0 unspecified atom stereocenters. The van der Waals surface area contributed by atoms with Crippen LogP contribution < -0.4 is 9.47 Å². The fourth-order valence-electron chi connectivity index (χ4n) is 3.35. The summed E-state index contributed by atoms with van der Waals surface area (Å²) in [7, 11) is 1.66. The van der Waals surface area contributed by atoms with Crippen LogP contribution in [-0.2, 0) is 13.1 Å². The predicted octanol–water partition coefficient (Wildman–Crippen LogP) is 3.55. The van der Waals surface area contributed by atoms with Gasteiger partial charge in [0.1, 0.15) is 5.82 Å². The van der Waals surface area contributed by atoms with E-state index in [0.717, 1.165) is 56.3 Å². The van der Waals surface area contributed by atoms with Gasteiger partial charge in [-0.3, -0.25) is 9.80 Å². The van der Waals surface area contributed by atoms with E-state index in [4.69, 9.17) is 9.47 Å². The average Bonchev–Trinajstić information content (AvgIpc) is 2.64. The van der Waals surface area contributed by atoms with Crippen LogP contribution in [0.1, 0.15) is 18.1 Å². The molecule has 0 radical (unpaired) electrons.